The molecular formula is C21H17N3O3S. The second-order valence-corrected chi connectivity index (χ2v) is 7.83. The van der Waals surface area contributed by atoms with E-state index < -0.39 is 15.9 Å². The molecule has 140 valence electrons. The van der Waals surface area contributed by atoms with Crippen molar-refractivity contribution in [1.29, 1.82) is 5.26 Å². The normalized spacial score (nSPS) is 10.7. The molecule has 0 heterocycles. The summed E-state index contributed by atoms with van der Waals surface area (Å²) < 4.78 is 27.7. The standard InChI is InChI=1S/C21H17N3O3S/c1-15-8-10-18(11-9-15)23-21(25)17-5-3-7-20(13-17)28(26,27)24-19-6-2-4-16(12-19)14-22/h2-13,24H,1H3,(H,23,25). The lowest BCUT2D eigenvalue weighted by Gasteiger charge is -2.10. The molecular weight excluding hydrogens is 374 g/mol. The predicted octanol–water partition coefficient (Wildman–Crippen LogP) is 3.92. The minimum absolute atomic E-state index is 0.0496. The van der Waals surface area contributed by atoms with Gasteiger partial charge in [-0.15, -0.1) is 0 Å². The summed E-state index contributed by atoms with van der Waals surface area (Å²) in [4.78, 5) is 12.4. The highest BCUT2D eigenvalue weighted by Crippen LogP contribution is 2.19. The van der Waals surface area contributed by atoms with E-state index in [4.69, 9.17) is 5.26 Å². The second kappa shape index (κ2) is 7.94. The first-order valence-electron chi connectivity index (χ1n) is 8.38. The zero-order valence-electron chi connectivity index (χ0n) is 15.0. The molecule has 3 aromatic rings. The van der Waals surface area contributed by atoms with Crippen molar-refractivity contribution in [3.05, 3.63) is 89.5 Å². The van der Waals surface area contributed by atoms with Crippen LogP contribution >= 0.6 is 0 Å². The number of hydrogen-bond donors (Lipinski definition) is 2. The predicted molar refractivity (Wildman–Crippen MR) is 108 cm³/mol. The molecule has 3 rings (SSSR count). The molecule has 0 aliphatic rings. The smallest absolute Gasteiger partial charge is 0.261 e. The highest BCUT2D eigenvalue weighted by atomic mass is 32.2. The molecule has 2 N–H and O–H groups in total. The van der Waals surface area contributed by atoms with E-state index in [9.17, 15) is 13.2 Å². The summed E-state index contributed by atoms with van der Waals surface area (Å²) in [7, 11) is -3.91. The van der Waals surface area contributed by atoms with Gasteiger partial charge in [-0.2, -0.15) is 5.26 Å². The maximum atomic E-state index is 12.6. The van der Waals surface area contributed by atoms with Crippen LogP contribution in [0.2, 0.25) is 0 Å². The van der Waals surface area contributed by atoms with Gasteiger partial charge in [-0.1, -0.05) is 29.8 Å². The monoisotopic (exact) mass is 391 g/mol. The van der Waals surface area contributed by atoms with Gasteiger partial charge in [0.05, 0.1) is 22.2 Å². The van der Waals surface area contributed by atoms with Crippen LogP contribution < -0.4 is 10.0 Å². The van der Waals surface area contributed by atoms with Gasteiger partial charge in [-0.3, -0.25) is 9.52 Å². The number of anilines is 2. The van der Waals surface area contributed by atoms with Crippen molar-refractivity contribution in [1.82, 2.24) is 0 Å². The number of nitriles is 1. The number of nitrogens with one attached hydrogen (secondary N) is 2. The number of nitrogens with zero attached hydrogens (tertiary/aromatic N) is 1. The van der Waals surface area contributed by atoms with Gasteiger partial charge in [0.15, 0.2) is 0 Å². The van der Waals surface area contributed by atoms with Crippen molar-refractivity contribution in [2.24, 2.45) is 0 Å². The molecule has 0 radical (unpaired) electrons. The number of carbonyl (C=O) groups excluding carboxylic acids is 1. The topological polar surface area (TPSA) is 99.1 Å². The Labute approximate surface area is 163 Å². The third kappa shape index (κ3) is 4.55. The number of sulfonamides is 1. The largest absolute Gasteiger partial charge is 0.322 e. The van der Waals surface area contributed by atoms with E-state index in [-0.39, 0.29) is 16.1 Å². The lowest BCUT2D eigenvalue weighted by molar-refractivity contribution is 0.102. The fraction of sp³-hybridized carbons (Fsp3) is 0.0476. The van der Waals surface area contributed by atoms with E-state index in [0.29, 0.717) is 11.3 Å². The van der Waals surface area contributed by atoms with Crippen molar-refractivity contribution in [2.75, 3.05) is 10.0 Å². The minimum Gasteiger partial charge on any atom is -0.322 e. The van der Waals surface area contributed by atoms with Gasteiger partial charge < -0.3 is 5.32 Å². The van der Waals surface area contributed by atoms with Gasteiger partial charge >= 0.3 is 0 Å². The quantitative estimate of drug-likeness (QED) is 0.688. The number of carbonyl (C=O) groups is 1. The average molecular weight is 391 g/mol. The third-order valence-corrected chi connectivity index (χ3v) is 5.34. The van der Waals surface area contributed by atoms with Crippen molar-refractivity contribution in [3.8, 4) is 6.07 Å². The zero-order chi connectivity index (χ0) is 20.1. The van der Waals surface area contributed by atoms with Gasteiger partial charge in [0.2, 0.25) is 0 Å². The minimum atomic E-state index is -3.91. The number of hydrogen-bond acceptors (Lipinski definition) is 4. The van der Waals surface area contributed by atoms with Gasteiger partial charge in [0.25, 0.3) is 15.9 Å². The molecule has 0 saturated carbocycles. The Morgan fingerprint density at radius 3 is 2.36 bits per heavy atom. The van der Waals surface area contributed by atoms with E-state index in [1.807, 2.05) is 25.1 Å². The lowest BCUT2D eigenvalue weighted by Crippen LogP contribution is -2.16. The van der Waals surface area contributed by atoms with Crippen molar-refractivity contribution < 1.29 is 13.2 Å². The van der Waals surface area contributed by atoms with Crippen LogP contribution in [0.4, 0.5) is 11.4 Å². The molecule has 0 atom stereocenters. The Bertz CT molecular complexity index is 1160. The van der Waals surface area contributed by atoms with Crippen LogP contribution in [-0.2, 0) is 10.0 Å². The van der Waals surface area contributed by atoms with E-state index >= 15 is 0 Å². The molecule has 0 fully saturated rings. The van der Waals surface area contributed by atoms with Crippen LogP contribution in [-0.4, -0.2) is 14.3 Å². The molecule has 7 heteroatoms. The van der Waals surface area contributed by atoms with Crippen LogP contribution in [0.15, 0.2) is 77.7 Å². The number of benzene rings is 3. The fourth-order valence-electron chi connectivity index (χ4n) is 2.51. The summed E-state index contributed by atoms with van der Waals surface area (Å²) in [6.07, 6.45) is 0. The summed E-state index contributed by atoms with van der Waals surface area (Å²) in [5.74, 6) is -0.410. The molecule has 0 aliphatic heterocycles. The first-order chi connectivity index (χ1) is 13.4. The molecule has 0 saturated heterocycles. The van der Waals surface area contributed by atoms with Crippen molar-refractivity contribution in [3.63, 3.8) is 0 Å². The Balaban J connectivity index is 1.82. The van der Waals surface area contributed by atoms with E-state index in [1.165, 1.54) is 24.3 Å². The maximum absolute atomic E-state index is 12.6. The first kappa shape index (κ1) is 19.1. The molecule has 0 spiro atoms. The van der Waals surface area contributed by atoms with E-state index in [0.717, 1.165) is 5.56 Å². The van der Waals surface area contributed by atoms with E-state index in [1.54, 1.807) is 36.4 Å². The highest BCUT2D eigenvalue weighted by Gasteiger charge is 2.17. The third-order valence-electron chi connectivity index (χ3n) is 3.96. The van der Waals surface area contributed by atoms with Crippen LogP contribution in [0.5, 0.6) is 0 Å². The summed E-state index contributed by atoms with van der Waals surface area (Å²) >= 11 is 0. The van der Waals surface area contributed by atoms with Crippen LogP contribution in [0, 0.1) is 18.3 Å². The Morgan fingerprint density at radius 2 is 1.64 bits per heavy atom. The molecule has 6 nitrogen and oxygen atoms in total. The molecule has 0 aliphatic carbocycles. The Kier molecular flexibility index (Phi) is 5.43. The van der Waals surface area contributed by atoms with Gasteiger partial charge in [0.1, 0.15) is 0 Å². The first-order valence-corrected chi connectivity index (χ1v) is 9.87. The molecule has 1 amide bonds. The highest BCUT2D eigenvalue weighted by molar-refractivity contribution is 7.92. The summed E-state index contributed by atoms with van der Waals surface area (Å²) in [5.41, 5.74) is 2.52. The molecule has 3 aromatic carbocycles. The number of rotatable bonds is 5. The molecule has 0 aromatic heterocycles. The van der Waals surface area contributed by atoms with Crippen LogP contribution in [0.3, 0.4) is 0 Å². The maximum Gasteiger partial charge on any atom is 0.261 e. The zero-order valence-corrected chi connectivity index (χ0v) is 15.8. The second-order valence-electron chi connectivity index (χ2n) is 6.15. The summed E-state index contributed by atoms with van der Waals surface area (Å²) in [5, 5.41) is 11.7. The van der Waals surface area contributed by atoms with Crippen molar-refractivity contribution >= 4 is 27.3 Å². The summed E-state index contributed by atoms with van der Waals surface area (Å²) in [6, 6.07) is 21.1. The van der Waals surface area contributed by atoms with E-state index in [2.05, 4.69) is 10.0 Å². The van der Waals surface area contributed by atoms with Crippen LogP contribution in [0.1, 0.15) is 21.5 Å². The fourth-order valence-corrected chi connectivity index (χ4v) is 3.61. The molecule has 0 bridgehead atoms. The van der Waals surface area contributed by atoms with Gasteiger partial charge in [-0.05, 0) is 55.5 Å². The summed E-state index contributed by atoms with van der Waals surface area (Å²) in [6.45, 7) is 1.94. The molecule has 28 heavy (non-hydrogen) atoms. The Morgan fingerprint density at radius 1 is 0.929 bits per heavy atom. The van der Waals surface area contributed by atoms with Crippen LogP contribution in [0.25, 0.3) is 0 Å². The van der Waals surface area contributed by atoms with Gasteiger partial charge in [-0.25, -0.2) is 8.42 Å². The average Bonchev–Trinajstić information content (AvgIpc) is 2.69. The SMILES string of the molecule is Cc1ccc(NC(=O)c2cccc(S(=O)(=O)Nc3cccc(C#N)c3)c2)cc1. The lowest BCUT2D eigenvalue weighted by atomic mass is 10.2. The van der Waals surface area contributed by atoms with Gasteiger partial charge in [0, 0.05) is 11.3 Å². The van der Waals surface area contributed by atoms with Crippen molar-refractivity contribution in [2.45, 2.75) is 11.8 Å². The number of amides is 1. The molecule has 0 unspecified atom stereocenters. The number of aryl methyl sites for hydroxylation is 1. The Hall–Kier alpha value is -3.63.